The highest BCUT2D eigenvalue weighted by atomic mass is 19.4. The third kappa shape index (κ3) is 2.50. The normalized spacial score (nSPS) is 15.6. The van der Waals surface area contributed by atoms with Crippen LogP contribution >= 0.6 is 0 Å². The Kier molecular flexibility index (Phi) is 3.41. The van der Waals surface area contributed by atoms with Crippen LogP contribution in [0.4, 0.5) is 23.4 Å². The number of halogens is 4. The molecule has 25 heavy (non-hydrogen) atoms. The number of hydrogen-bond acceptors (Lipinski definition) is 4. The Balaban J connectivity index is 1.90. The van der Waals surface area contributed by atoms with Gasteiger partial charge in [0.05, 0.1) is 0 Å². The van der Waals surface area contributed by atoms with Crippen LogP contribution in [-0.2, 0) is 6.42 Å². The Bertz CT molecular complexity index is 932. The summed E-state index contributed by atoms with van der Waals surface area (Å²) in [6.07, 6.45) is -2.85. The van der Waals surface area contributed by atoms with E-state index in [9.17, 15) is 17.6 Å². The Hall–Kier alpha value is -2.71. The summed E-state index contributed by atoms with van der Waals surface area (Å²) >= 11 is 0. The molecule has 5 nitrogen and oxygen atoms in total. The van der Waals surface area contributed by atoms with E-state index in [1.165, 1.54) is 15.7 Å². The van der Waals surface area contributed by atoms with Crippen molar-refractivity contribution in [2.75, 3.05) is 11.4 Å². The van der Waals surface area contributed by atoms with Crippen LogP contribution in [0.15, 0.2) is 30.6 Å². The van der Waals surface area contributed by atoms with Crippen LogP contribution in [-0.4, -0.2) is 32.3 Å². The maximum atomic E-state index is 13.9. The summed E-state index contributed by atoms with van der Waals surface area (Å²) in [5, 5.41) is 4.03. The van der Waals surface area contributed by atoms with Gasteiger partial charge in [0.15, 0.2) is 6.04 Å². The number of aromatic nitrogens is 4. The van der Waals surface area contributed by atoms with Gasteiger partial charge in [-0.1, -0.05) is 12.1 Å². The first-order valence-corrected chi connectivity index (χ1v) is 7.64. The number of fused-ring (bicyclic) bond motifs is 3. The van der Waals surface area contributed by atoms with Crippen molar-refractivity contribution >= 4 is 11.6 Å². The van der Waals surface area contributed by atoms with Crippen LogP contribution in [0.2, 0.25) is 0 Å². The molecule has 0 unspecified atom stereocenters. The van der Waals surface area contributed by atoms with Crippen molar-refractivity contribution in [1.29, 1.82) is 0 Å². The minimum atomic E-state index is -4.54. The maximum Gasteiger partial charge on any atom is 0.413 e. The Morgan fingerprint density at radius 2 is 1.88 bits per heavy atom. The summed E-state index contributed by atoms with van der Waals surface area (Å²) < 4.78 is 56.1. The lowest BCUT2D eigenvalue weighted by Crippen LogP contribution is -2.38. The van der Waals surface area contributed by atoms with Gasteiger partial charge in [-0.2, -0.15) is 27.8 Å². The van der Waals surface area contributed by atoms with E-state index in [0.29, 0.717) is 17.9 Å². The smallest absolute Gasteiger partial charge is 0.340 e. The van der Waals surface area contributed by atoms with Gasteiger partial charge in [0.2, 0.25) is 0 Å². The molecule has 1 aliphatic rings. The molecule has 0 radical (unpaired) electrons. The minimum Gasteiger partial charge on any atom is -0.340 e. The molecule has 0 amide bonds. The summed E-state index contributed by atoms with van der Waals surface area (Å²) in [7, 11) is 0. The number of hydrogen-bond donors (Lipinski definition) is 0. The van der Waals surface area contributed by atoms with Gasteiger partial charge >= 0.3 is 6.18 Å². The van der Waals surface area contributed by atoms with E-state index in [0.717, 1.165) is 29.8 Å². The molecule has 0 N–H and O–H groups in total. The fourth-order valence-electron chi connectivity index (χ4n) is 3.34. The molecule has 1 aliphatic heterocycles. The summed E-state index contributed by atoms with van der Waals surface area (Å²) in [5.41, 5.74) is 1.33. The molecule has 4 rings (SSSR count). The fourth-order valence-corrected chi connectivity index (χ4v) is 3.34. The van der Waals surface area contributed by atoms with Crippen LogP contribution in [0.25, 0.3) is 5.78 Å². The topological polar surface area (TPSA) is 46.3 Å². The van der Waals surface area contributed by atoms with Crippen LogP contribution in [0, 0.1) is 12.7 Å². The quantitative estimate of drug-likeness (QED) is 0.665. The van der Waals surface area contributed by atoms with Crippen molar-refractivity contribution in [3.05, 3.63) is 53.2 Å². The van der Waals surface area contributed by atoms with E-state index in [2.05, 4.69) is 15.1 Å². The number of anilines is 1. The van der Waals surface area contributed by atoms with Gasteiger partial charge in [-0.05, 0) is 31.0 Å². The second-order valence-electron chi connectivity index (χ2n) is 5.91. The molecule has 3 heterocycles. The second kappa shape index (κ2) is 5.40. The van der Waals surface area contributed by atoms with E-state index in [1.54, 1.807) is 6.92 Å². The number of aryl methyl sites for hydroxylation is 1. The van der Waals surface area contributed by atoms with Gasteiger partial charge < -0.3 is 4.90 Å². The van der Waals surface area contributed by atoms with Crippen molar-refractivity contribution < 1.29 is 17.6 Å². The molecule has 0 aliphatic carbocycles. The number of nitrogens with zero attached hydrogens (tertiary/aromatic N) is 5. The van der Waals surface area contributed by atoms with Crippen molar-refractivity contribution in [2.45, 2.75) is 25.6 Å². The molecule has 0 spiro atoms. The van der Waals surface area contributed by atoms with Crippen LogP contribution in [0.5, 0.6) is 0 Å². The standard InChI is InChI=1S/C16H13F4N5/c1-9-12-6-7-24(14(12)25-15(23-9)21-8-22-25)13(16(18,19)20)10-2-4-11(17)5-3-10/h2-5,8,13H,6-7H2,1H3/t13-/m1/s1. The van der Waals surface area contributed by atoms with Crippen molar-refractivity contribution in [1.82, 2.24) is 19.6 Å². The predicted octanol–water partition coefficient (Wildman–Crippen LogP) is 3.24. The molecule has 0 bridgehead atoms. The van der Waals surface area contributed by atoms with Gasteiger partial charge in [0, 0.05) is 17.8 Å². The third-order valence-corrected chi connectivity index (χ3v) is 4.39. The summed E-state index contributed by atoms with van der Waals surface area (Å²) in [5.74, 6) is 0.0139. The number of alkyl halides is 3. The molecule has 0 saturated carbocycles. The molecule has 0 fully saturated rings. The molecule has 1 atom stereocenters. The molecular formula is C16H13F4N5. The first kappa shape index (κ1) is 15.8. The highest BCUT2D eigenvalue weighted by Gasteiger charge is 2.47. The van der Waals surface area contributed by atoms with Gasteiger partial charge in [-0.25, -0.2) is 9.37 Å². The zero-order chi connectivity index (χ0) is 17.8. The number of rotatable bonds is 2. The molecule has 1 aromatic carbocycles. The molecule has 9 heteroatoms. The van der Waals surface area contributed by atoms with E-state index in [1.807, 2.05) is 0 Å². The Morgan fingerprint density at radius 3 is 2.56 bits per heavy atom. The Labute approximate surface area is 139 Å². The third-order valence-electron chi connectivity index (χ3n) is 4.39. The molecule has 130 valence electrons. The summed E-state index contributed by atoms with van der Waals surface area (Å²) in [6.45, 7) is 1.91. The average Bonchev–Trinajstić information content (AvgIpc) is 3.15. The summed E-state index contributed by atoms with van der Waals surface area (Å²) in [4.78, 5) is 9.51. The van der Waals surface area contributed by atoms with Gasteiger partial charge in [0.1, 0.15) is 18.0 Å². The molecule has 0 saturated heterocycles. The fraction of sp³-hybridized carbons (Fsp3) is 0.312. The minimum absolute atomic E-state index is 0.0236. The zero-order valence-corrected chi connectivity index (χ0v) is 13.1. The lowest BCUT2D eigenvalue weighted by atomic mass is 10.0. The highest BCUT2D eigenvalue weighted by Crippen LogP contribution is 2.44. The van der Waals surface area contributed by atoms with Crippen LogP contribution < -0.4 is 4.90 Å². The van der Waals surface area contributed by atoms with Gasteiger partial charge in [-0.3, -0.25) is 0 Å². The molecule has 2 aromatic heterocycles. The average molecular weight is 351 g/mol. The van der Waals surface area contributed by atoms with E-state index >= 15 is 0 Å². The summed E-state index contributed by atoms with van der Waals surface area (Å²) in [6, 6.07) is 2.50. The van der Waals surface area contributed by atoms with E-state index in [-0.39, 0.29) is 17.9 Å². The first-order valence-electron chi connectivity index (χ1n) is 7.64. The highest BCUT2D eigenvalue weighted by molar-refractivity contribution is 5.60. The van der Waals surface area contributed by atoms with Crippen LogP contribution in [0.3, 0.4) is 0 Å². The van der Waals surface area contributed by atoms with Crippen molar-refractivity contribution in [3.63, 3.8) is 0 Å². The lowest BCUT2D eigenvalue weighted by Gasteiger charge is -2.32. The van der Waals surface area contributed by atoms with E-state index in [4.69, 9.17) is 0 Å². The van der Waals surface area contributed by atoms with Gasteiger partial charge in [0.25, 0.3) is 5.78 Å². The second-order valence-corrected chi connectivity index (χ2v) is 5.91. The maximum absolute atomic E-state index is 13.9. The zero-order valence-electron chi connectivity index (χ0n) is 13.1. The van der Waals surface area contributed by atoms with Crippen molar-refractivity contribution in [3.8, 4) is 0 Å². The lowest BCUT2D eigenvalue weighted by molar-refractivity contribution is -0.150. The monoisotopic (exact) mass is 351 g/mol. The molecule has 3 aromatic rings. The first-order chi connectivity index (χ1) is 11.9. The Morgan fingerprint density at radius 1 is 1.16 bits per heavy atom. The molecular weight excluding hydrogens is 338 g/mol. The van der Waals surface area contributed by atoms with Gasteiger partial charge in [-0.15, -0.1) is 0 Å². The van der Waals surface area contributed by atoms with Crippen LogP contribution in [0.1, 0.15) is 22.9 Å². The SMILES string of the molecule is Cc1nc2ncnn2c2c1CCN2[C@H](c1ccc(F)cc1)C(F)(F)F. The van der Waals surface area contributed by atoms with Crippen molar-refractivity contribution in [2.24, 2.45) is 0 Å². The predicted molar refractivity (Wildman–Crippen MR) is 81.8 cm³/mol. The number of benzene rings is 1. The largest absolute Gasteiger partial charge is 0.413 e. The van der Waals surface area contributed by atoms with E-state index < -0.39 is 18.0 Å².